The van der Waals surface area contributed by atoms with Crippen LogP contribution in [0.4, 0.5) is 4.39 Å². The van der Waals surface area contributed by atoms with Crippen LogP contribution in [0, 0.1) is 5.82 Å². The number of aliphatic hydroxyl groups excluding tert-OH is 1. The Bertz CT molecular complexity index is 875. The fraction of sp³-hybridized carbons (Fsp3) is 0.348. The Labute approximate surface area is 169 Å². The molecule has 0 radical (unpaired) electrons. The first-order chi connectivity index (χ1) is 14.1. The fourth-order valence-electron chi connectivity index (χ4n) is 3.27. The molecule has 29 heavy (non-hydrogen) atoms. The second kappa shape index (κ2) is 8.76. The highest BCUT2D eigenvalue weighted by atomic mass is 19.1. The molecule has 2 aliphatic rings. The van der Waals surface area contributed by atoms with E-state index in [2.05, 4.69) is 5.32 Å². The lowest BCUT2D eigenvalue weighted by molar-refractivity contribution is -0.150. The van der Waals surface area contributed by atoms with Gasteiger partial charge in [0.2, 0.25) is 6.29 Å². The van der Waals surface area contributed by atoms with Crippen molar-refractivity contribution in [3.8, 4) is 0 Å². The number of ether oxygens (including phenoxy) is 2. The molecular formula is C23H24FNO4. The maximum absolute atomic E-state index is 13.3. The van der Waals surface area contributed by atoms with Gasteiger partial charge < -0.3 is 19.9 Å². The highest BCUT2D eigenvalue weighted by molar-refractivity contribution is 5.92. The van der Waals surface area contributed by atoms with E-state index in [1.54, 1.807) is 18.2 Å². The Kier molecular flexibility index (Phi) is 5.92. The van der Waals surface area contributed by atoms with E-state index < -0.39 is 6.29 Å². The first kappa shape index (κ1) is 19.6. The number of rotatable bonds is 7. The molecule has 1 aliphatic heterocycles. The van der Waals surface area contributed by atoms with Crippen molar-refractivity contribution < 1.29 is 23.8 Å². The molecule has 1 heterocycles. The highest BCUT2D eigenvalue weighted by Gasteiger charge is 2.31. The van der Waals surface area contributed by atoms with Gasteiger partial charge in [-0.15, -0.1) is 0 Å². The van der Waals surface area contributed by atoms with Gasteiger partial charge in [0.15, 0.2) is 5.76 Å². The van der Waals surface area contributed by atoms with Gasteiger partial charge in [0, 0.05) is 18.4 Å². The van der Waals surface area contributed by atoms with Gasteiger partial charge in [-0.05, 0) is 47.7 Å². The topological polar surface area (TPSA) is 67.8 Å². The van der Waals surface area contributed by atoms with Crippen molar-refractivity contribution in [3.05, 3.63) is 82.9 Å². The summed E-state index contributed by atoms with van der Waals surface area (Å²) in [5, 5.41) is 12.1. The molecule has 1 aliphatic carbocycles. The first-order valence-corrected chi connectivity index (χ1v) is 9.86. The number of amides is 1. The largest absolute Gasteiger partial charge is 0.459 e. The van der Waals surface area contributed by atoms with Crippen LogP contribution in [0.2, 0.25) is 0 Å². The van der Waals surface area contributed by atoms with Crippen LogP contribution in [-0.2, 0) is 27.5 Å². The molecule has 1 amide bonds. The molecule has 4 rings (SSSR count). The number of carbonyl (C=O) groups excluding carboxylic acids is 1. The van der Waals surface area contributed by atoms with Crippen LogP contribution in [0.15, 0.2) is 60.4 Å². The molecule has 0 saturated heterocycles. The summed E-state index contributed by atoms with van der Waals surface area (Å²) in [6.45, 7) is 0.320. The van der Waals surface area contributed by atoms with E-state index >= 15 is 0 Å². The molecule has 0 aromatic heterocycles. The van der Waals surface area contributed by atoms with Crippen molar-refractivity contribution in [1.82, 2.24) is 5.32 Å². The Balaban J connectivity index is 1.47. The summed E-state index contributed by atoms with van der Waals surface area (Å²) in [6, 6.07) is 14.0. The van der Waals surface area contributed by atoms with E-state index in [-0.39, 0.29) is 36.1 Å². The molecule has 6 heteroatoms. The highest BCUT2D eigenvalue weighted by Crippen LogP contribution is 2.32. The predicted octanol–water partition coefficient (Wildman–Crippen LogP) is 3.53. The molecule has 2 N–H and O–H groups in total. The summed E-state index contributed by atoms with van der Waals surface area (Å²) < 4.78 is 25.1. The summed E-state index contributed by atoms with van der Waals surface area (Å²) in [5.74, 6) is -0.389. The summed E-state index contributed by atoms with van der Waals surface area (Å²) in [7, 11) is 0. The van der Waals surface area contributed by atoms with E-state index in [1.807, 2.05) is 24.3 Å². The van der Waals surface area contributed by atoms with E-state index in [1.165, 1.54) is 12.1 Å². The standard InChI is InChI=1S/C23H24FNO4/c24-19-7-5-17(6-8-19)18-11-21(23(27)25-20-9-10-20)29-22(12-18)28-14-16-3-1-15(13-26)2-4-16/h1-8,11,18,20,22,26H,9-10,12-14H2,(H,25,27)/t18-,22+/m1/s1. The molecule has 0 spiro atoms. The number of hydrogen-bond acceptors (Lipinski definition) is 4. The van der Waals surface area contributed by atoms with Crippen LogP contribution < -0.4 is 5.32 Å². The average molecular weight is 397 g/mol. The summed E-state index contributed by atoms with van der Waals surface area (Å²) >= 11 is 0. The smallest absolute Gasteiger partial charge is 0.286 e. The lowest BCUT2D eigenvalue weighted by atomic mass is 9.93. The minimum Gasteiger partial charge on any atom is -0.459 e. The third-order valence-corrected chi connectivity index (χ3v) is 5.13. The zero-order chi connectivity index (χ0) is 20.2. The minimum absolute atomic E-state index is 0.00349. The zero-order valence-corrected chi connectivity index (χ0v) is 16.0. The molecular weight excluding hydrogens is 373 g/mol. The van der Waals surface area contributed by atoms with Crippen molar-refractivity contribution in [2.45, 2.75) is 50.7 Å². The minimum atomic E-state index is -0.590. The van der Waals surface area contributed by atoms with Crippen molar-refractivity contribution in [2.75, 3.05) is 0 Å². The monoisotopic (exact) mass is 397 g/mol. The van der Waals surface area contributed by atoms with Crippen molar-refractivity contribution in [2.24, 2.45) is 0 Å². The lowest BCUT2D eigenvalue weighted by Gasteiger charge is -2.29. The summed E-state index contributed by atoms with van der Waals surface area (Å²) in [5.41, 5.74) is 2.69. The van der Waals surface area contributed by atoms with Crippen LogP contribution in [0.1, 0.15) is 41.9 Å². The van der Waals surface area contributed by atoms with Crippen LogP contribution in [0.3, 0.4) is 0 Å². The number of halogens is 1. The molecule has 0 unspecified atom stereocenters. The Hall–Kier alpha value is -2.70. The van der Waals surface area contributed by atoms with E-state index in [9.17, 15) is 9.18 Å². The first-order valence-electron chi connectivity index (χ1n) is 9.86. The van der Waals surface area contributed by atoms with Crippen LogP contribution in [-0.4, -0.2) is 23.3 Å². The second-order valence-electron chi connectivity index (χ2n) is 7.51. The SMILES string of the molecule is O=C(NC1CC1)C1=C[C@@H](c2ccc(F)cc2)C[C@@H](OCc2ccc(CO)cc2)O1. The van der Waals surface area contributed by atoms with E-state index in [0.29, 0.717) is 13.0 Å². The van der Waals surface area contributed by atoms with Gasteiger partial charge in [-0.25, -0.2) is 4.39 Å². The van der Waals surface area contributed by atoms with Crippen molar-refractivity contribution in [1.29, 1.82) is 0 Å². The Morgan fingerprint density at radius 3 is 2.45 bits per heavy atom. The molecule has 5 nitrogen and oxygen atoms in total. The molecule has 1 saturated carbocycles. The van der Waals surface area contributed by atoms with Gasteiger partial charge in [-0.2, -0.15) is 0 Å². The summed E-state index contributed by atoms with van der Waals surface area (Å²) in [6.07, 6.45) is 3.71. The van der Waals surface area contributed by atoms with Gasteiger partial charge >= 0.3 is 0 Å². The van der Waals surface area contributed by atoms with Gasteiger partial charge in [-0.1, -0.05) is 36.4 Å². The Morgan fingerprint density at radius 1 is 1.10 bits per heavy atom. The van der Waals surface area contributed by atoms with Gasteiger partial charge in [0.05, 0.1) is 13.2 Å². The quantitative estimate of drug-likeness (QED) is 0.750. The van der Waals surface area contributed by atoms with Crippen LogP contribution in [0.5, 0.6) is 0 Å². The number of aliphatic hydroxyl groups is 1. The molecule has 2 atom stereocenters. The zero-order valence-electron chi connectivity index (χ0n) is 16.0. The number of hydrogen-bond donors (Lipinski definition) is 2. The van der Waals surface area contributed by atoms with E-state index in [0.717, 1.165) is 29.5 Å². The van der Waals surface area contributed by atoms with Gasteiger partial charge in [0.1, 0.15) is 5.82 Å². The predicted molar refractivity (Wildman–Crippen MR) is 105 cm³/mol. The normalized spacial score (nSPS) is 21.2. The number of allylic oxidation sites excluding steroid dienone is 1. The van der Waals surface area contributed by atoms with Crippen LogP contribution >= 0.6 is 0 Å². The van der Waals surface area contributed by atoms with Crippen LogP contribution in [0.25, 0.3) is 0 Å². The lowest BCUT2D eigenvalue weighted by Crippen LogP contribution is -2.33. The third kappa shape index (κ3) is 5.22. The second-order valence-corrected chi connectivity index (χ2v) is 7.51. The summed E-state index contributed by atoms with van der Waals surface area (Å²) in [4.78, 5) is 12.5. The molecule has 2 aromatic rings. The average Bonchev–Trinajstić information content (AvgIpc) is 3.57. The van der Waals surface area contributed by atoms with Crippen molar-refractivity contribution >= 4 is 5.91 Å². The third-order valence-electron chi connectivity index (χ3n) is 5.13. The maximum Gasteiger partial charge on any atom is 0.286 e. The molecule has 2 aromatic carbocycles. The van der Waals surface area contributed by atoms with Gasteiger partial charge in [0.25, 0.3) is 5.91 Å². The number of benzene rings is 2. The number of nitrogens with one attached hydrogen (secondary N) is 1. The maximum atomic E-state index is 13.3. The fourth-order valence-corrected chi connectivity index (χ4v) is 3.27. The molecule has 1 fully saturated rings. The molecule has 0 bridgehead atoms. The number of carbonyl (C=O) groups is 1. The molecule has 152 valence electrons. The Morgan fingerprint density at radius 2 is 1.79 bits per heavy atom. The van der Waals surface area contributed by atoms with Gasteiger partial charge in [-0.3, -0.25) is 4.79 Å². The van der Waals surface area contributed by atoms with Crippen molar-refractivity contribution in [3.63, 3.8) is 0 Å². The van der Waals surface area contributed by atoms with E-state index in [4.69, 9.17) is 14.6 Å².